The van der Waals surface area contributed by atoms with Gasteiger partial charge < -0.3 is 20.3 Å². The fourth-order valence-electron chi connectivity index (χ4n) is 3.87. The number of benzene rings is 2. The second-order valence-electron chi connectivity index (χ2n) is 10.1. The zero-order chi connectivity index (χ0) is 27.9. The number of carbonyl (C=O) groups excluding carboxylic acids is 3. The van der Waals surface area contributed by atoms with E-state index >= 15 is 0 Å². The highest BCUT2D eigenvalue weighted by Crippen LogP contribution is 2.31. The minimum atomic E-state index is -1.01. The molecule has 7 nitrogen and oxygen atoms in total. The maximum Gasteiger partial charge on any atom is 0.408 e. The molecule has 3 unspecified atom stereocenters. The molecule has 2 N–H and O–H groups in total. The second kappa shape index (κ2) is 13.2. The molecule has 37 heavy (non-hydrogen) atoms. The molecule has 0 heterocycles. The highest BCUT2D eigenvalue weighted by molar-refractivity contribution is 7.80. The number of nitrogens with zero attached hydrogens (tertiary/aromatic N) is 1. The lowest BCUT2D eigenvalue weighted by molar-refractivity contribution is -0.142. The first kappa shape index (κ1) is 30.5. The van der Waals surface area contributed by atoms with Gasteiger partial charge in [-0.15, -0.1) is 0 Å². The molecule has 2 aromatic carbocycles. The molecule has 0 fully saturated rings. The van der Waals surface area contributed by atoms with E-state index in [1.54, 1.807) is 32.9 Å². The third kappa shape index (κ3) is 8.40. The van der Waals surface area contributed by atoms with Crippen molar-refractivity contribution in [1.29, 1.82) is 0 Å². The molecule has 202 valence electrons. The topological polar surface area (TPSA) is 87.7 Å². The maximum atomic E-state index is 14.0. The molecule has 0 aliphatic rings. The van der Waals surface area contributed by atoms with Crippen molar-refractivity contribution in [1.82, 2.24) is 10.2 Å². The fourth-order valence-corrected chi connectivity index (χ4v) is 4.39. The number of ether oxygens (including phenoxy) is 1. The van der Waals surface area contributed by atoms with E-state index in [4.69, 9.17) is 16.3 Å². The van der Waals surface area contributed by atoms with E-state index < -0.39 is 35.6 Å². The Morgan fingerprint density at radius 2 is 1.76 bits per heavy atom. The Hall–Kier alpha value is -2.71. The molecule has 0 aliphatic carbocycles. The number of amides is 3. The highest BCUT2D eigenvalue weighted by atomic mass is 35.5. The first-order chi connectivity index (χ1) is 17.3. The predicted octanol–water partition coefficient (Wildman–Crippen LogP) is 6.09. The lowest BCUT2D eigenvalue weighted by Gasteiger charge is -2.38. The molecular formula is C28H38ClN3O4S. The Morgan fingerprint density at radius 1 is 1.11 bits per heavy atom. The van der Waals surface area contributed by atoms with Crippen LogP contribution in [0, 0.1) is 13.8 Å². The molecule has 3 atom stereocenters. The zero-order valence-corrected chi connectivity index (χ0v) is 24.2. The van der Waals surface area contributed by atoms with Gasteiger partial charge in [0.25, 0.3) is 5.91 Å². The van der Waals surface area contributed by atoms with Gasteiger partial charge in [-0.2, -0.15) is 12.6 Å². The SMILES string of the molecule is CCC(C)N(C(=O)C(CS)NC(=O)OC(C)(C)C)C(C(=O)Nc1c(C)cccc1Cl)c1cccc(C)c1. The summed E-state index contributed by atoms with van der Waals surface area (Å²) in [7, 11) is 0. The number of hydrogen-bond acceptors (Lipinski definition) is 5. The van der Waals surface area contributed by atoms with E-state index in [1.807, 2.05) is 58.0 Å². The molecule has 2 aromatic rings. The third-order valence-corrected chi connectivity index (χ3v) is 6.53. The van der Waals surface area contributed by atoms with Crippen molar-refractivity contribution in [3.05, 3.63) is 64.2 Å². The van der Waals surface area contributed by atoms with Gasteiger partial charge in [0.1, 0.15) is 17.7 Å². The van der Waals surface area contributed by atoms with Crippen molar-refractivity contribution in [2.75, 3.05) is 11.1 Å². The summed E-state index contributed by atoms with van der Waals surface area (Å²) in [5.41, 5.74) is 2.14. The molecule has 9 heteroatoms. The van der Waals surface area contributed by atoms with Gasteiger partial charge in [-0.25, -0.2) is 4.79 Å². The van der Waals surface area contributed by atoms with Crippen molar-refractivity contribution in [3.8, 4) is 0 Å². The standard InChI is InChI=1S/C28H38ClN3O4S/c1-8-19(4)32(26(34)22(16-37)30-27(35)36-28(5,6)7)24(20-13-9-11-17(2)15-20)25(33)31-23-18(3)12-10-14-21(23)29/h9-15,19,22,24,37H,8,16H2,1-7H3,(H,30,35)(H,31,33). The Kier molecular flexibility index (Phi) is 10.9. The quantitative estimate of drug-likeness (QED) is 0.332. The van der Waals surface area contributed by atoms with Crippen LogP contribution in [-0.2, 0) is 14.3 Å². The van der Waals surface area contributed by atoms with E-state index in [0.29, 0.717) is 22.7 Å². The molecular weight excluding hydrogens is 510 g/mol. The van der Waals surface area contributed by atoms with Gasteiger partial charge in [-0.1, -0.05) is 60.5 Å². The highest BCUT2D eigenvalue weighted by Gasteiger charge is 2.38. The van der Waals surface area contributed by atoms with Gasteiger partial charge in [0, 0.05) is 11.8 Å². The summed E-state index contributed by atoms with van der Waals surface area (Å²) >= 11 is 10.7. The van der Waals surface area contributed by atoms with Crippen LogP contribution in [0.15, 0.2) is 42.5 Å². The summed E-state index contributed by atoms with van der Waals surface area (Å²) in [6.45, 7) is 12.8. The first-order valence-corrected chi connectivity index (χ1v) is 13.3. The summed E-state index contributed by atoms with van der Waals surface area (Å²) in [6, 6.07) is 10.5. The van der Waals surface area contributed by atoms with Gasteiger partial charge in [0.2, 0.25) is 5.91 Å². The molecule has 0 saturated heterocycles. The summed E-state index contributed by atoms with van der Waals surface area (Å²) < 4.78 is 5.35. The van der Waals surface area contributed by atoms with Crippen LogP contribution in [0.3, 0.4) is 0 Å². The van der Waals surface area contributed by atoms with E-state index in [1.165, 1.54) is 4.90 Å². The van der Waals surface area contributed by atoms with Gasteiger partial charge in [-0.05, 0) is 65.2 Å². The van der Waals surface area contributed by atoms with E-state index in [0.717, 1.165) is 11.1 Å². The summed E-state index contributed by atoms with van der Waals surface area (Å²) in [5, 5.41) is 5.97. The zero-order valence-electron chi connectivity index (χ0n) is 22.6. The van der Waals surface area contributed by atoms with Crippen LogP contribution in [0.2, 0.25) is 5.02 Å². The normalized spacial score (nSPS) is 13.8. The number of nitrogens with one attached hydrogen (secondary N) is 2. The summed E-state index contributed by atoms with van der Waals surface area (Å²) in [6.07, 6.45) is -0.148. The first-order valence-electron chi connectivity index (χ1n) is 12.3. The number of aryl methyl sites for hydroxylation is 2. The minimum absolute atomic E-state index is 0.0246. The molecule has 2 rings (SSSR count). The summed E-state index contributed by atoms with van der Waals surface area (Å²) in [5.74, 6) is -0.824. The monoisotopic (exact) mass is 547 g/mol. The molecule has 0 radical (unpaired) electrons. The number of alkyl carbamates (subject to hydrolysis) is 1. The van der Waals surface area contributed by atoms with Gasteiger partial charge in [0.05, 0.1) is 10.7 Å². The average molecular weight is 548 g/mol. The number of thiol groups is 1. The van der Waals surface area contributed by atoms with Crippen molar-refractivity contribution in [2.45, 2.75) is 78.6 Å². The number of rotatable bonds is 9. The lowest BCUT2D eigenvalue weighted by Crippen LogP contribution is -2.55. The van der Waals surface area contributed by atoms with Crippen molar-refractivity contribution in [3.63, 3.8) is 0 Å². The molecule has 0 aromatic heterocycles. The molecule has 0 bridgehead atoms. The number of hydrogen-bond donors (Lipinski definition) is 3. The summed E-state index contributed by atoms with van der Waals surface area (Å²) in [4.78, 5) is 41.9. The van der Waals surface area contributed by atoms with Crippen LogP contribution in [0.5, 0.6) is 0 Å². The molecule has 0 aliphatic heterocycles. The fraction of sp³-hybridized carbons (Fsp3) is 0.464. The van der Waals surface area contributed by atoms with Crippen LogP contribution in [-0.4, -0.2) is 46.2 Å². The molecule has 0 spiro atoms. The van der Waals surface area contributed by atoms with Crippen molar-refractivity contribution >= 4 is 47.8 Å². The smallest absolute Gasteiger partial charge is 0.408 e. The number of halogens is 1. The second-order valence-corrected chi connectivity index (χ2v) is 10.9. The van der Waals surface area contributed by atoms with Crippen molar-refractivity contribution in [2.24, 2.45) is 0 Å². The number of carbonyl (C=O) groups is 3. The largest absolute Gasteiger partial charge is 0.444 e. The van der Waals surface area contributed by atoms with E-state index in [-0.39, 0.29) is 11.8 Å². The average Bonchev–Trinajstić information content (AvgIpc) is 2.81. The predicted molar refractivity (Wildman–Crippen MR) is 152 cm³/mol. The van der Waals surface area contributed by atoms with E-state index in [9.17, 15) is 14.4 Å². The Morgan fingerprint density at radius 3 is 2.30 bits per heavy atom. The Labute approximate surface area is 230 Å². The maximum absolute atomic E-state index is 14.0. The number of para-hydroxylation sites is 1. The van der Waals surface area contributed by atoms with Gasteiger partial charge in [0.15, 0.2) is 0 Å². The Balaban J connectivity index is 2.55. The number of anilines is 1. The van der Waals surface area contributed by atoms with Gasteiger partial charge in [-0.3, -0.25) is 9.59 Å². The van der Waals surface area contributed by atoms with Crippen molar-refractivity contribution < 1.29 is 19.1 Å². The van der Waals surface area contributed by atoms with Crippen LogP contribution >= 0.6 is 24.2 Å². The van der Waals surface area contributed by atoms with Crippen LogP contribution in [0.4, 0.5) is 10.5 Å². The van der Waals surface area contributed by atoms with E-state index in [2.05, 4.69) is 23.3 Å². The Bertz CT molecular complexity index is 1100. The molecule has 3 amide bonds. The van der Waals surface area contributed by atoms with Crippen LogP contribution < -0.4 is 10.6 Å². The lowest BCUT2D eigenvalue weighted by atomic mass is 9.98. The van der Waals surface area contributed by atoms with Crippen LogP contribution in [0.1, 0.15) is 63.8 Å². The molecule has 0 saturated carbocycles. The van der Waals surface area contributed by atoms with Crippen LogP contribution in [0.25, 0.3) is 0 Å². The van der Waals surface area contributed by atoms with Gasteiger partial charge >= 0.3 is 6.09 Å². The third-order valence-electron chi connectivity index (χ3n) is 5.85. The minimum Gasteiger partial charge on any atom is -0.444 e.